The number of rotatable bonds is 2. The first-order valence-corrected chi connectivity index (χ1v) is 4.12. The van der Waals surface area contributed by atoms with Crippen LogP contribution in [0.15, 0.2) is 18.2 Å². The maximum atomic E-state index is 10.8. The Balaban J connectivity index is 2.79. The highest BCUT2D eigenvalue weighted by Crippen LogP contribution is 2.09. The summed E-state index contributed by atoms with van der Waals surface area (Å²) in [5.74, 6) is -0.386. The Labute approximate surface area is 77.4 Å². The third-order valence-electron chi connectivity index (χ3n) is 2.06. The second-order valence-electron chi connectivity index (χ2n) is 3.13. The normalized spacial score (nSPS) is 9.77. The van der Waals surface area contributed by atoms with Crippen LogP contribution in [0.5, 0.6) is 0 Å². The number of amides is 1. The molecule has 2 N–H and O–H groups in total. The van der Waals surface area contributed by atoms with E-state index in [1.54, 1.807) is 5.48 Å². The highest BCUT2D eigenvalue weighted by molar-refractivity contribution is 5.77. The molecule has 0 aliphatic carbocycles. The van der Waals surface area contributed by atoms with Gasteiger partial charge in [-0.2, -0.15) is 0 Å². The van der Waals surface area contributed by atoms with Crippen LogP contribution >= 0.6 is 0 Å². The Hall–Kier alpha value is -1.35. The second kappa shape index (κ2) is 4.05. The van der Waals surface area contributed by atoms with Gasteiger partial charge in [0.2, 0.25) is 5.91 Å². The highest BCUT2D eigenvalue weighted by atomic mass is 16.5. The molecular weight excluding hydrogens is 166 g/mol. The topological polar surface area (TPSA) is 49.3 Å². The van der Waals surface area contributed by atoms with Gasteiger partial charge in [-0.25, -0.2) is 5.48 Å². The first-order valence-electron chi connectivity index (χ1n) is 4.12. The summed E-state index contributed by atoms with van der Waals surface area (Å²) in [5.41, 5.74) is 4.88. The van der Waals surface area contributed by atoms with Crippen molar-refractivity contribution in [2.45, 2.75) is 20.3 Å². The molecule has 70 valence electrons. The molecule has 1 rings (SSSR count). The predicted molar refractivity (Wildman–Crippen MR) is 49.5 cm³/mol. The Morgan fingerprint density at radius 2 is 2.08 bits per heavy atom. The lowest BCUT2D eigenvalue weighted by Gasteiger charge is -2.03. The van der Waals surface area contributed by atoms with E-state index in [1.807, 2.05) is 32.0 Å². The highest BCUT2D eigenvalue weighted by Gasteiger charge is 2.02. The molecule has 0 aromatic heterocycles. The molecule has 1 amide bonds. The minimum atomic E-state index is -0.386. The number of hydroxylamine groups is 1. The molecule has 0 heterocycles. The third-order valence-corrected chi connectivity index (χ3v) is 2.06. The second-order valence-corrected chi connectivity index (χ2v) is 3.13. The van der Waals surface area contributed by atoms with Crippen LogP contribution in [-0.2, 0) is 11.2 Å². The van der Waals surface area contributed by atoms with Crippen LogP contribution in [0, 0.1) is 13.8 Å². The fourth-order valence-electron chi connectivity index (χ4n) is 1.14. The van der Waals surface area contributed by atoms with E-state index in [0.29, 0.717) is 0 Å². The van der Waals surface area contributed by atoms with Crippen LogP contribution in [0.2, 0.25) is 0 Å². The van der Waals surface area contributed by atoms with Gasteiger partial charge in [-0.1, -0.05) is 18.2 Å². The van der Waals surface area contributed by atoms with Gasteiger partial charge in [-0.3, -0.25) is 10.0 Å². The van der Waals surface area contributed by atoms with Gasteiger partial charge in [0.25, 0.3) is 0 Å². The molecule has 0 radical (unpaired) electrons. The molecule has 0 aliphatic rings. The van der Waals surface area contributed by atoms with E-state index in [2.05, 4.69) is 0 Å². The summed E-state index contributed by atoms with van der Waals surface area (Å²) in [7, 11) is 0. The molecule has 13 heavy (non-hydrogen) atoms. The molecule has 0 spiro atoms. The van der Waals surface area contributed by atoms with Gasteiger partial charge in [-0.05, 0) is 30.5 Å². The van der Waals surface area contributed by atoms with E-state index >= 15 is 0 Å². The van der Waals surface area contributed by atoms with Gasteiger partial charge < -0.3 is 0 Å². The summed E-state index contributed by atoms with van der Waals surface area (Å²) < 4.78 is 0. The maximum Gasteiger partial charge on any atom is 0.247 e. The lowest BCUT2D eigenvalue weighted by Crippen LogP contribution is -2.20. The molecule has 0 unspecified atom stereocenters. The Morgan fingerprint density at radius 1 is 1.38 bits per heavy atom. The lowest BCUT2D eigenvalue weighted by molar-refractivity contribution is -0.128. The van der Waals surface area contributed by atoms with Crippen LogP contribution in [0.3, 0.4) is 0 Å². The molecule has 0 aliphatic heterocycles. The summed E-state index contributed by atoms with van der Waals surface area (Å²) in [6.45, 7) is 4.01. The van der Waals surface area contributed by atoms with Crippen molar-refractivity contribution in [3.63, 3.8) is 0 Å². The van der Waals surface area contributed by atoms with Gasteiger partial charge in [0, 0.05) is 0 Å². The average Bonchev–Trinajstić information content (AvgIpc) is 2.11. The molecule has 0 atom stereocenters. The van der Waals surface area contributed by atoms with Crippen LogP contribution in [0.1, 0.15) is 16.7 Å². The summed E-state index contributed by atoms with van der Waals surface area (Å²) in [6, 6.07) is 5.80. The summed E-state index contributed by atoms with van der Waals surface area (Å²) in [6.07, 6.45) is 0.220. The van der Waals surface area contributed by atoms with E-state index in [9.17, 15) is 4.79 Å². The minimum absolute atomic E-state index is 0.220. The van der Waals surface area contributed by atoms with Crippen molar-refractivity contribution >= 4 is 5.91 Å². The van der Waals surface area contributed by atoms with Gasteiger partial charge in [-0.15, -0.1) is 0 Å². The standard InChI is InChI=1S/C10H13NO2/c1-7-3-4-9(5-8(7)2)6-10(12)11-13/h3-5,13H,6H2,1-2H3,(H,11,12). The van der Waals surface area contributed by atoms with Crippen molar-refractivity contribution in [1.29, 1.82) is 0 Å². The third kappa shape index (κ3) is 2.56. The average molecular weight is 179 g/mol. The SMILES string of the molecule is Cc1ccc(CC(=O)NO)cc1C. The first-order chi connectivity index (χ1) is 6.13. The number of aryl methyl sites for hydroxylation is 2. The van der Waals surface area contributed by atoms with Crippen molar-refractivity contribution in [2.24, 2.45) is 0 Å². The number of hydrogen-bond acceptors (Lipinski definition) is 2. The zero-order chi connectivity index (χ0) is 9.84. The van der Waals surface area contributed by atoms with Gasteiger partial charge >= 0.3 is 0 Å². The maximum absolute atomic E-state index is 10.8. The zero-order valence-electron chi connectivity index (χ0n) is 7.79. The van der Waals surface area contributed by atoms with E-state index in [4.69, 9.17) is 5.21 Å². The minimum Gasteiger partial charge on any atom is -0.289 e. The van der Waals surface area contributed by atoms with Crippen molar-refractivity contribution in [1.82, 2.24) is 5.48 Å². The van der Waals surface area contributed by atoms with E-state index in [-0.39, 0.29) is 12.3 Å². The Kier molecular flexibility index (Phi) is 3.03. The molecule has 1 aromatic carbocycles. The molecule has 1 aromatic rings. The molecule has 0 saturated heterocycles. The van der Waals surface area contributed by atoms with Crippen LogP contribution < -0.4 is 5.48 Å². The fourth-order valence-corrected chi connectivity index (χ4v) is 1.14. The number of hydrogen-bond donors (Lipinski definition) is 2. The summed E-state index contributed by atoms with van der Waals surface area (Å²) >= 11 is 0. The largest absolute Gasteiger partial charge is 0.289 e. The predicted octanol–water partition coefficient (Wildman–Crippen LogP) is 1.35. The number of carbonyl (C=O) groups excluding carboxylic acids is 1. The number of carbonyl (C=O) groups is 1. The van der Waals surface area contributed by atoms with Crippen molar-refractivity contribution in [3.8, 4) is 0 Å². The fraction of sp³-hybridized carbons (Fsp3) is 0.300. The van der Waals surface area contributed by atoms with Crippen molar-refractivity contribution < 1.29 is 10.0 Å². The molecule has 0 bridgehead atoms. The Bertz CT molecular complexity index is 321. The zero-order valence-corrected chi connectivity index (χ0v) is 7.79. The van der Waals surface area contributed by atoms with Crippen LogP contribution in [0.25, 0.3) is 0 Å². The molecule has 0 saturated carbocycles. The first kappa shape index (κ1) is 9.74. The van der Waals surface area contributed by atoms with Crippen LogP contribution in [0.4, 0.5) is 0 Å². The van der Waals surface area contributed by atoms with Crippen LogP contribution in [-0.4, -0.2) is 11.1 Å². The smallest absolute Gasteiger partial charge is 0.247 e. The van der Waals surface area contributed by atoms with E-state index < -0.39 is 0 Å². The summed E-state index contributed by atoms with van der Waals surface area (Å²) in [5, 5.41) is 8.32. The Morgan fingerprint density at radius 3 is 2.62 bits per heavy atom. The molecule has 3 heteroatoms. The van der Waals surface area contributed by atoms with Gasteiger partial charge in [0.1, 0.15) is 0 Å². The molecule has 3 nitrogen and oxygen atoms in total. The number of nitrogens with one attached hydrogen (secondary N) is 1. The summed E-state index contributed by atoms with van der Waals surface area (Å²) in [4.78, 5) is 10.8. The van der Waals surface area contributed by atoms with E-state index in [0.717, 1.165) is 11.1 Å². The van der Waals surface area contributed by atoms with Gasteiger partial charge in [0.05, 0.1) is 6.42 Å². The number of benzene rings is 1. The van der Waals surface area contributed by atoms with Gasteiger partial charge in [0.15, 0.2) is 0 Å². The lowest BCUT2D eigenvalue weighted by atomic mass is 10.0. The monoisotopic (exact) mass is 179 g/mol. The van der Waals surface area contributed by atoms with Crippen molar-refractivity contribution in [3.05, 3.63) is 34.9 Å². The van der Waals surface area contributed by atoms with E-state index in [1.165, 1.54) is 5.56 Å². The molecule has 0 fully saturated rings. The van der Waals surface area contributed by atoms with Crippen molar-refractivity contribution in [2.75, 3.05) is 0 Å². The quantitative estimate of drug-likeness (QED) is 0.532. The molecular formula is C10H13NO2.